The van der Waals surface area contributed by atoms with E-state index in [1.807, 2.05) is 32.0 Å². The highest BCUT2D eigenvalue weighted by Crippen LogP contribution is 2.14. The van der Waals surface area contributed by atoms with Crippen LogP contribution in [0.2, 0.25) is 0 Å². The highest BCUT2D eigenvalue weighted by atomic mass is 79.9. The molecule has 0 aliphatic carbocycles. The fourth-order valence-electron chi connectivity index (χ4n) is 1.86. The van der Waals surface area contributed by atoms with Crippen LogP contribution in [0.25, 0.3) is 0 Å². The average molecular weight is 358 g/mol. The Morgan fingerprint density at radius 2 is 1.64 bits per heavy atom. The predicted molar refractivity (Wildman–Crippen MR) is 92.2 cm³/mol. The molecule has 0 fully saturated rings. The molecule has 0 saturated heterocycles. The van der Waals surface area contributed by atoms with E-state index in [1.165, 1.54) is 17.7 Å². The maximum Gasteiger partial charge on any atom is 0.248 e. The van der Waals surface area contributed by atoms with Gasteiger partial charge in [0, 0.05) is 21.8 Å². The number of anilines is 1. The number of carbonyl (C=O) groups excluding carboxylic acids is 2. The lowest BCUT2D eigenvalue weighted by atomic mass is 10.1. The number of ketones is 1. The maximum atomic E-state index is 11.9. The second-order valence-electron chi connectivity index (χ2n) is 4.99. The van der Waals surface area contributed by atoms with Crippen LogP contribution >= 0.6 is 15.9 Å². The summed E-state index contributed by atoms with van der Waals surface area (Å²) in [5.74, 6) is -0.531. The number of allylic oxidation sites excluding steroid dienone is 1. The van der Waals surface area contributed by atoms with E-state index in [-0.39, 0.29) is 11.7 Å². The minimum absolute atomic E-state index is 0.206. The number of rotatable bonds is 4. The Labute approximate surface area is 138 Å². The van der Waals surface area contributed by atoms with Crippen molar-refractivity contribution in [2.75, 3.05) is 5.32 Å². The van der Waals surface area contributed by atoms with Gasteiger partial charge in [0.25, 0.3) is 0 Å². The van der Waals surface area contributed by atoms with Crippen LogP contribution in [-0.4, -0.2) is 11.7 Å². The molecule has 22 heavy (non-hydrogen) atoms. The van der Waals surface area contributed by atoms with Gasteiger partial charge in [-0.15, -0.1) is 0 Å². The zero-order chi connectivity index (χ0) is 16.1. The summed E-state index contributed by atoms with van der Waals surface area (Å²) in [7, 11) is 0. The first kappa shape index (κ1) is 16.2. The molecular formula is C18H16BrNO2. The summed E-state index contributed by atoms with van der Waals surface area (Å²) < 4.78 is 0.903. The standard InChI is InChI=1S/C18H16BrNO2/c1-12-3-8-16(11-13(12)2)20-18(22)10-9-17(21)14-4-6-15(19)7-5-14/h3-11H,1-2H3,(H,20,22)/b10-9+. The fourth-order valence-corrected chi connectivity index (χ4v) is 2.13. The van der Waals surface area contributed by atoms with Crippen LogP contribution in [0.4, 0.5) is 5.69 Å². The van der Waals surface area contributed by atoms with Crippen molar-refractivity contribution in [3.8, 4) is 0 Å². The predicted octanol–water partition coefficient (Wildman–Crippen LogP) is 4.44. The summed E-state index contributed by atoms with van der Waals surface area (Å²) in [6.07, 6.45) is 2.53. The van der Waals surface area contributed by atoms with Gasteiger partial charge < -0.3 is 5.32 Å². The van der Waals surface area contributed by atoms with Crippen LogP contribution in [-0.2, 0) is 4.79 Å². The summed E-state index contributed by atoms with van der Waals surface area (Å²) in [5, 5.41) is 2.74. The molecule has 0 aliphatic heterocycles. The Hall–Kier alpha value is -2.20. The quantitative estimate of drug-likeness (QED) is 0.649. The summed E-state index contributed by atoms with van der Waals surface area (Å²) in [5.41, 5.74) is 3.53. The summed E-state index contributed by atoms with van der Waals surface area (Å²) >= 11 is 3.31. The maximum absolute atomic E-state index is 11.9. The van der Waals surface area contributed by atoms with Crippen LogP contribution in [0.5, 0.6) is 0 Å². The third-order valence-corrected chi connectivity index (χ3v) is 3.82. The first-order valence-corrected chi connectivity index (χ1v) is 7.61. The van der Waals surface area contributed by atoms with E-state index < -0.39 is 0 Å². The van der Waals surface area contributed by atoms with E-state index in [0.717, 1.165) is 10.0 Å². The van der Waals surface area contributed by atoms with Crippen LogP contribution in [0.15, 0.2) is 59.1 Å². The van der Waals surface area contributed by atoms with Crippen molar-refractivity contribution in [2.45, 2.75) is 13.8 Å². The van der Waals surface area contributed by atoms with E-state index in [0.29, 0.717) is 11.3 Å². The summed E-state index contributed by atoms with van der Waals surface area (Å²) in [4.78, 5) is 23.8. The Kier molecular flexibility index (Phi) is 5.28. The molecule has 0 aliphatic rings. The number of aryl methyl sites for hydroxylation is 2. The third kappa shape index (κ3) is 4.40. The highest BCUT2D eigenvalue weighted by Gasteiger charge is 2.04. The van der Waals surface area contributed by atoms with E-state index in [9.17, 15) is 9.59 Å². The Morgan fingerprint density at radius 1 is 0.955 bits per heavy atom. The van der Waals surface area contributed by atoms with E-state index >= 15 is 0 Å². The minimum Gasteiger partial charge on any atom is -0.323 e. The summed E-state index contributed by atoms with van der Waals surface area (Å²) in [6, 6.07) is 12.7. The SMILES string of the molecule is Cc1ccc(NC(=O)/C=C/C(=O)c2ccc(Br)cc2)cc1C. The van der Waals surface area contributed by atoms with Gasteiger partial charge >= 0.3 is 0 Å². The average Bonchev–Trinajstić information content (AvgIpc) is 2.49. The van der Waals surface area contributed by atoms with Gasteiger partial charge in [-0.1, -0.05) is 22.0 Å². The Bertz CT molecular complexity index is 733. The van der Waals surface area contributed by atoms with Gasteiger partial charge in [-0.2, -0.15) is 0 Å². The van der Waals surface area contributed by atoms with Gasteiger partial charge in [0.05, 0.1) is 0 Å². The molecule has 1 N–H and O–H groups in total. The first-order valence-electron chi connectivity index (χ1n) is 6.82. The Balaban J connectivity index is 2.00. The second kappa shape index (κ2) is 7.18. The van der Waals surface area contributed by atoms with Crippen LogP contribution in [0, 0.1) is 13.8 Å². The molecule has 2 aromatic carbocycles. The molecule has 0 radical (unpaired) electrons. The molecule has 0 unspecified atom stereocenters. The largest absolute Gasteiger partial charge is 0.323 e. The van der Waals surface area contributed by atoms with Gasteiger partial charge in [-0.05, 0) is 67.4 Å². The second-order valence-corrected chi connectivity index (χ2v) is 5.91. The van der Waals surface area contributed by atoms with Crippen molar-refractivity contribution in [3.63, 3.8) is 0 Å². The van der Waals surface area contributed by atoms with E-state index in [4.69, 9.17) is 0 Å². The molecule has 0 aromatic heterocycles. The van der Waals surface area contributed by atoms with Gasteiger partial charge in [-0.3, -0.25) is 9.59 Å². The number of hydrogen-bond acceptors (Lipinski definition) is 2. The Morgan fingerprint density at radius 3 is 2.27 bits per heavy atom. The summed E-state index contributed by atoms with van der Waals surface area (Å²) in [6.45, 7) is 4.00. The number of halogens is 1. The lowest BCUT2D eigenvalue weighted by molar-refractivity contribution is -0.111. The van der Waals surface area contributed by atoms with Crippen molar-refractivity contribution < 1.29 is 9.59 Å². The molecule has 0 heterocycles. The van der Waals surface area contributed by atoms with Gasteiger partial charge in [0.2, 0.25) is 5.91 Å². The molecule has 3 nitrogen and oxygen atoms in total. The van der Waals surface area contributed by atoms with Crippen LogP contribution in [0.3, 0.4) is 0 Å². The normalized spacial score (nSPS) is 10.7. The van der Waals surface area contributed by atoms with Gasteiger partial charge in [0.1, 0.15) is 0 Å². The fraction of sp³-hybridized carbons (Fsp3) is 0.111. The molecule has 112 valence electrons. The molecule has 4 heteroatoms. The monoisotopic (exact) mass is 357 g/mol. The van der Waals surface area contributed by atoms with Crippen molar-refractivity contribution in [1.29, 1.82) is 0 Å². The number of nitrogens with one attached hydrogen (secondary N) is 1. The van der Waals surface area contributed by atoms with Crippen LogP contribution < -0.4 is 5.32 Å². The number of benzene rings is 2. The van der Waals surface area contributed by atoms with Crippen molar-refractivity contribution >= 4 is 33.3 Å². The van der Waals surface area contributed by atoms with Crippen LogP contribution in [0.1, 0.15) is 21.5 Å². The van der Waals surface area contributed by atoms with E-state index in [2.05, 4.69) is 21.2 Å². The van der Waals surface area contributed by atoms with Crippen molar-refractivity contribution in [1.82, 2.24) is 0 Å². The van der Waals surface area contributed by atoms with Crippen molar-refractivity contribution in [3.05, 3.63) is 75.8 Å². The zero-order valence-electron chi connectivity index (χ0n) is 12.4. The molecule has 0 atom stereocenters. The molecule has 0 bridgehead atoms. The first-order chi connectivity index (χ1) is 10.5. The molecular weight excluding hydrogens is 342 g/mol. The van der Waals surface area contributed by atoms with Gasteiger partial charge in [0.15, 0.2) is 5.78 Å². The lowest BCUT2D eigenvalue weighted by Gasteiger charge is -2.05. The smallest absolute Gasteiger partial charge is 0.248 e. The number of amides is 1. The highest BCUT2D eigenvalue weighted by molar-refractivity contribution is 9.10. The molecule has 2 aromatic rings. The molecule has 0 saturated carbocycles. The minimum atomic E-state index is -0.325. The number of hydrogen-bond donors (Lipinski definition) is 1. The molecule has 1 amide bonds. The molecule has 2 rings (SSSR count). The topological polar surface area (TPSA) is 46.2 Å². The zero-order valence-corrected chi connectivity index (χ0v) is 14.0. The lowest BCUT2D eigenvalue weighted by Crippen LogP contribution is -2.09. The number of carbonyl (C=O) groups is 2. The molecule has 0 spiro atoms. The van der Waals surface area contributed by atoms with Gasteiger partial charge in [-0.25, -0.2) is 0 Å². The third-order valence-electron chi connectivity index (χ3n) is 3.29. The van der Waals surface area contributed by atoms with E-state index in [1.54, 1.807) is 24.3 Å². The van der Waals surface area contributed by atoms with Crippen molar-refractivity contribution in [2.24, 2.45) is 0 Å².